The Balaban J connectivity index is 0.884. The molecule has 4 aromatic rings. The van der Waals surface area contributed by atoms with Gasteiger partial charge in [-0.15, -0.1) is 0 Å². The van der Waals surface area contributed by atoms with Gasteiger partial charge in [-0.05, 0) is 80.2 Å². The fraction of sp³-hybridized carbons (Fsp3) is 0.366. The molecule has 0 spiro atoms. The quantitative estimate of drug-likeness (QED) is 0.110. The predicted octanol–water partition coefficient (Wildman–Crippen LogP) is 5.69. The normalized spacial score (nSPS) is 17.5. The molecule has 0 radical (unpaired) electrons. The van der Waals surface area contributed by atoms with E-state index in [2.05, 4.69) is 46.4 Å². The number of nitrogens with one attached hydrogen (secondary N) is 5. The Bertz CT molecular complexity index is 2200. The van der Waals surface area contributed by atoms with Gasteiger partial charge in [0.1, 0.15) is 22.6 Å². The van der Waals surface area contributed by atoms with Gasteiger partial charge in [-0.3, -0.25) is 29.9 Å². The number of methoxy groups -OCH3 is 2. The van der Waals surface area contributed by atoms with Crippen LogP contribution in [0.1, 0.15) is 37.2 Å². The highest BCUT2D eigenvalue weighted by molar-refractivity contribution is 6.33. The summed E-state index contributed by atoms with van der Waals surface area (Å²) in [5.74, 6) is 0.245. The molecule has 4 amide bonds. The second-order valence-corrected chi connectivity index (χ2v) is 14.9. The molecule has 3 aliphatic rings. The number of aromatic nitrogens is 2. The molecular formula is C41H46ClFN10O6. The number of hydrogen-bond acceptors (Lipinski definition) is 13. The summed E-state index contributed by atoms with van der Waals surface area (Å²) < 4.78 is 25.7. The SMILES string of the molecule is COC(=O)Nc1ccccc1Nc1nc(Nc2ccc(N3CCN(C(=O)CN4CCC(c5ccc(NC6CCC(=O)NC6=O)cc5F)CC4)CC3)cc2OC)ncc1Cl. The van der Waals surface area contributed by atoms with Crippen LogP contribution < -0.4 is 36.2 Å². The summed E-state index contributed by atoms with van der Waals surface area (Å²) in [5.41, 5.74) is 3.75. The average Bonchev–Trinajstić information content (AvgIpc) is 3.24. The zero-order valence-electron chi connectivity index (χ0n) is 32.7. The lowest BCUT2D eigenvalue weighted by Crippen LogP contribution is -2.51. The van der Waals surface area contributed by atoms with Gasteiger partial charge in [-0.2, -0.15) is 4.98 Å². The number of likely N-dealkylation sites (tertiary alicyclic amines) is 1. The molecule has 18 heteroatoms. The number of amides is 4. The summed E-state index contributed by atoms with van der Waals surface area (Å²) in [4.78, 5) is 63.9. The third-order valence-corrected chi connectivity index (χ3v) is 11.0. The Morgan fingerprint density at radius 3 is 2.39 bits per heavy atom. The molecule has 3 aromatic carbocycles. The molecule has 1 aromatic heterocycles. The number of ether oxygens (including phenoxy) is 2. The van der Waals surface area contributed by atoms with E-state index in [0.29, 0.717) is 92.1 Å². The Labute approximate surface area is 345 Å². The van der Waals surface area contributed by atoms with Gasteiger partial charge in [0.25, 0.3) is 0 Å². The van der Waals surface area contributed by atoms with Gasteiger partial charge in [0.05, 0.1) is 44.0 Å². The number of halogens is 2. The molecule has 3 saturated heterocycles. The van der Waals surface area contributed by atoms with E-state index < -0.39 is 18.0 Å². The lowest BCUT2D eigenvalue weighted by molar-refractivity contribution is -0.134. The highest BCUT2D eigenvalue weighted by Crippen LogP contribution is 2.35. The molecule has 3 aliphatic heterocycles. The summed E-state index contributed by atoms with van der Waals surface area (Å²) >= 11 is 6.43. The van der Waals surface area contributed by atoms with E-state index >= 15 is 4.39 Å². The van der Waals surface area contributed by atoms with Crippen molar-refractivity contribution in [2.45, 2.75) is 37.6 Å². The van der Waals surface area contributed by atoms with E-state index in [4.69, 9.17) is 21.1 Å². The first kappa shape index (κ1) is 41.0. The van der Waals surface area contributed by atoms with E-state index in [1.807, 2.05) is 23.1 Å². The zero-order valence-corrected chi connectivity index (χ0v) is 33.5. The topological polar surface area (TPSA) is 182 Å². The van der Waals surface area contributed by atoms with Crippen LogP contribution in [0.3, 0.4) is 0 Å². The van der Waals surface area contributed by atoms with E-state index in [9.17, 15) is 19.2 Å². The van der Waals surface area contributed by atoms with Crippen LogP contribution in [0.4, 0.5) is 49.4 Å². The number of rotatable bonds is 12. The minimum atomic E-state index is -0.616. The van der Waals surface area contributed by atoms with Crippen molar-refractivity contribution in [3.05, 3.63) is 83.3 Å². The number of nitrogens with zero attached hydrogens (tertiary/aromatic N) is 5. The molecule has 16 nitrogen and oxygen atoms in total. The van der Waals surface area contributed by atoms with Gasteiger partial charge in [-0.1, -0.05) is 29.8 Å². The lowest BCUT2D eigenvalue weighted by Gasteiger charge is -2.38. The second-order valence-electron chi connectivity index (χ2n) is 14.5. The third kappa shape index (κ3) is 10.1. The molecular weight excluding hydrogens is 783 g/mol. The molecule has 1 unspecified atom stereocenters. The fourth-order valence-corrected chi connectivity index (χ4v) is 7.63. The third-order valence-electron chi connectivity index (χ3n) is 10.7. The van der Waals surface area contributed by atoms with Crippen molar-refractivity contribution in [1.29, 1.82) is 0 Å². The maximum absolute atomic E-state index is 15.2. The highest BCUT2D eigenvalue weighted by atomic mass is 35.5. The van der Waals surface area contributed by atoms with Crippen LogP contribution in [0.5, 0.6) is 5.75 Å². The number of hydrogen-bond donors (Lipinski definition) is 5. The van der Waals surface area contributed by atoms with Crippen molar-refractivity contribution >= 4 is 75.6 Å². The molecule has 0 aliphatic carbocycles. The smallest absolute Gasteiger partial charge is 0.411 e. The van der Waals surface area contributed by atoms with Crippen molar-refractivity contribution in [3.63, 3.8) is 0 Å². The zero-order chi connectivity index (χ0) is 41.5. The molecule has 59 heavy (non-hydrogen) atoms. The van der Waals surface area contributed by atoms with Crippen LogP contribution in [0.15, 0.2) is 66.9 Å². The maximum Gasteiger partial charge on any atom is 0.411 e. The van der Waals surface area contributed by atoms with Crippen LogP contribution in [0, 0.1) is 5.82 Å². The number of piperazine rings is 1. The van der Waals surface area contributed by atoms with Crippen molar-refractivity contribution in [3.8, 4) is 5.75 Å². The molecule has 4 heterocycles. The molecule has 1 atom stereocenters. The largest absolute Gasteiger partial charge is 0.494 e. The highest BCUT2D eigenvalue weighted by Gasteiger charge is 2.29. The molecule has 310 valence electrons. The van der Waals surface area contributed by atoms with Crippen LogP contribution >= 0.6 is 11.6 Å². The first-order chi connectivity index (χ1) is 28.6. The summed E-state index contributed by atoms with van der Waals surface area (Å²) in [6.07, 6.45) is 2.93. The summed E-state index contributed by atoms with van der Waals surface area (Å²) in [6, 6.07) is 17.2. The van der Waals surface area contributed by atoms with E-state index in [-0.39, 0.29) is 40.9 Å². The number of carbonyl (C=O) groups is 4. The lowest BCUT2D eigenvalue weighted by atomic mass is 9.89. The van der Waals surface area contributed by atoms with E-state index in [0.717, 1.165) is 18.5 Å². The Morgan fingerprint density at radius 1 is 0.915 bits per heavy atom. The fourth-order valence-electron chi connectivity index (χ4n) is 7.49. The number of para-hydroxylation sites is 2. The Kier molecular flexibility index (Phi) is 12.9. The molecule has 0 bridgehead atoms. The summed E-state index contributed by atoms with van der Waals surface area (Å²) in [7, 11) is 2.87. The molecule has 0 saturated carbocycles. The van der Waals surface area contributed by atoms with E-state index in [1.54, 1.807) is 43.5 Å². The predicted molar refractivity (Wildman–Crippen MR) is 222 cm³/mol. The summed E-state index contributed by atoms with van der Waals surface area (Å²) in [6.45, 7) is 4.15. The van der Waals surface area contributed by atoms with Crippen LogP contribution in [0.25, 0.3) is 0 Å². The number of carbonyl (C=O) groups excluding carboxylic acids is 4. The minimum Gasteiger partial charge on any atom is -0.494 e. The van der Waals surface area contributed by atoms with Gasteiger partial charge in [0.2, 0.25) is 23.7 Å². The van der Waals surface area contributed by atoms with Crippen LogP contribution in [-0.4, -0.2) is 110 Å². The van der Waals surface area contributed by atoms with Gasteiger partial charge >= 0.3 is 6.09 Å². The number of benzene rings is 3. The first-order valence-electron chi connectivity index (χ1n) is 19.4. The first-order valence-corrected chi connectivity index (χ1v) is 19.8. The minimum absolute atomic E-state index is 0.0349. The van der Waals surface area contributed by atoms with Crippen molar-refractivity contribution in [1.82, 2.24) is 25.1 Å². The second kappa shape index (κ2) is 18.6. The van der Waals surface area contributed by atoms with Gasteiger partial charge < -0.3 is 35.2 Å². The van der Waals surface area contributed by atoms with Crippen molar-refractivity contribution < 1.29 is 33.0 Å². The maximum atomic E-state index is 15.2. The molecule has 3 fully saturated rings. The number of piperidine rings is 2. The van der Waals surface area contributed by atoms with Gasteiger partial charge in [0, 0.05) is 50.0 Å². The van der Waals surface area contributed by atoms with Crippen LogP contribution in [0.2, 0.25) is 5.02 Å². The average molecular weight is 829 g/mol. The number of imide groups is 1. The van der Waals surface area contributed by atoms with Gasteiger partial charge in [-0.25, -0.2) is 14.2 Å². The summed E-state index contributed by atoms with van der Waals surface area (Å²) in [5, 5.41) is 14.6. The standard InChI is InChI=1S/C41H46ClFN10O6/c1-58-35-22-27(8-10-33(35)47-40-44-23-29(42)38(50-40)46-31-5-3-4-6-32(31)48-41(57)59-2)52-17-19-53(20-18-52)37(55)24-51-15-13-25(14-16-51)28-9-7-26(21-30(28)43)45-34-11-12-36(54)49-39(34)56/h3-10,21-23,25,34,45H,11-20,24H2,1-2H3,(H,48,57)(H,49,54,56)(H2,44,46,47,50). The van der Waals surface area contributed by atoms with Crippen molar-refractivity contribution in [2.24, 2.45) is 0 Å². The van der Waals surface area contributed by atoms with Gasteiger partial charge in [0.15, 0.2) is 5.82 Å². The Hall–Kier alpha value is -6.20. The number of anilines is 7. The molecule has 5 N–H and O–H groups in total. The van der Waals surface area contributed by atoms with E-state index in [1.165, 1.54) is 19.4 Å². The van der Waals surface area contributed by atoms with Crippen LogP contribution in [-0.2, 0) is 19.1 Å². The monoisotopic (exact) mass is 828 g/mol. The Morgan fingerprint density at radius 2 is 1.68 bits per heavy atom. The van der Waals surface area contributed by atoms with Crippen molar-refractivity contribution in [2.75, 3.05) is 86.2 Å². The molecule has 7 rings (SSSR count).